The van der Waals surface area contributed by atoms with Gasteiger partial charge in [0.05, 0.1) is 21.5 Å². The largest absolute Gasteiger partial charge is 0.481 e. The van der Waals surface area contributed by atoms with Crippen molar-refractivity contribution in [3.63, 3.8) is 0 Å². The Bertz CT molecular complexity index is 573. The molecule has 1 unspecified atom stereocenters. The van der Waals surface area contributed by atoms with E-state index in [0.717, 1.165) is 6.07 Å². The summed E-state index contributed by atoms with van der Waals surface area (Å²) in [6.45, 7) is 2.25. The summed E-state index contributed by atoms with van der Waals surface area (Å²) in [5.74, 6) is -2.63. The predicted octanol–water partition coefficient (Wildman–Crippen LogP) is 2.93. The monoisotopic (exact) mass is 319 g/mol. The van der Waals surface area contributed by atoms with Crippen LogP contribution in [0.2, 0.25) is 10.0 Å². The number of nitrogens with zero attached hydrogens (tertiary/aromatic N) is 1. The smallest absolute Gasteiger partial charge is 0.306 e. The zero-order valence-corrected chi connectivity index (χ0v) is 12.1. The second kappa shape index (κ2) is 5.58. The Morgan fingerprint density at radius 3 is 2.50 bits per heavy atom. The molecule has 1 aromatic carbocycles. The van der Waals surface area contributed by atoms with E-state index >= 15 is 0 Å². The Hall–Kier alpha value is -1.33. The van der Waals surface area contributed by atoms with Gasteiger partial charge in [0.1, 0.15) is 5.82 Å². The lowest BCUT2D eigenvalue weighted by Crippen LogP contribution is -2.53. The molecule has 108 valence electrons. The number of halogens is 3. The number of carboxylic acids is 1. The van der Waals surface area contributed by atoms with Gasteiger partial charge in [0, 0.05) is 19.0 Å². The van der Waals surface area contributed by atoms with Crippen LogP contribution in [0.1, 0.15) is 17.3 Å². The fourth-order valence-electron chi connectivity index (χ4n) is 2.05. The second-order valence-corrected chi connectivity index (χ2v) is 5.66. The minimum atomic E-state index is -0.891. The highest BCUT2D eigenvalue weighted by molar-refractivity contribution is 6.36. The summed E-state index contributed by atoms with van der Waals surface area (Å²) < 4.78 is 13.4. The second-order valence-electron chi connectivity index (χ2n) is 4.84. The van der Waals surface area contributed by atoms with Gasteiger partial charge >= 0.3 is 5.97 Å². The molecule has 0 spiro atoms. The number of rotatable bonds is 3. The molecule has 1 atom stereocenters. The average molecular weight is 320 g/mol. The lowest BCUT2D eigenvalue weighted by molar-refractivity contribution is -0.144. The first kappa shape index (κ1) is 15.1. The molecule has 7 heteroatoms. The molecule has 1 saturated heterocycles. The highest BCUT2D eigenvalue weighted by Crippen LogP contribution is 2.29. The van der Waals surface area contributed by atoms with Gasteiger partial charge in [-0.15, -0.1) is 0 Å². The molecule has 0 aromatic heterocycles. The fraction of sp³-hybridized carbons (Fsp3) is 0.385. The summed E-state index contributed by atoms with van der Waals surface area (Å²) in [5, 5.41) is 8.82. The van der Waals surface area contributed by atoms with Gasteiger partial charge in [0.2, 0.25) is 0 Å². The Morgan fingerprint density at radius 2 is 1.95 bits per heavy atom. The van der Waals surface area contributed by atoms with Crippen LogP contribution in [0.5, 0.6) is 0 Å². The van der Waals surface area contributed by atoms with E-state index in [0.29, 0.717) is 13.1 Å². The average Bonchev–Trinajstić information content (AvgIpc) is 2.31. The van der Waals surface area contributed by atoms with Gasteiger partial charge in [-0.3, -0.25) is 9.59 Å². The van der Waals surface area contributed by atoms with E-state index < -0.39 is 23.6 Å². The third-order valence-electron chi connectivity index (χ3n) is 3.53. The number of hydrogen-bond donors (Lipinski definition) is 1. The van der Waals surface area contributed by atoms with Gasteiger partial charge < -0.3 is 10.0 Å². The molecule has 0 saturated carbocycles. The van der Waals surface area contributed by atoms with Gasteiger partial charge in [-0.25, -0.2) is 4.39 Å². The van der Waals surface area contributed by atoms with Crippen molar-refractivity contribution in [3.8, 4) is 0 Å². The number of hydrogen-bond acceptors (Lipinski definition) is 2. The maximum Gasteiger partial charge on any atom is 0.306 e. The topological polar surface area (TPSA) is 57.6 Å². The van der Waals surface area contributed by atoms with Crippen molar-refractivity contribution in [1.29, 1.82) is 0 Å². The Labute approximate surface area is 125 Å². The zero-order valence-electron chi connectivity index (χ0n) is 10.6. The molecule has 0 aliphatic carbocycles. The minimum absolute atomic E-state index is 0.0370. The molecule has 1 aromatic rings. The quantitative estimate of drug-likeness (QED) is 0.871. The van der Waals surface area contributed by atoms with E-state index in [1.165, 1.54) is 11.0 Å². The van der Waals surface area contributed by atoms with Crippen molar-refractivity contribution in [3.05, 3.63) is 33.6 Å². The summed E-state index contributed by atoms with van der Waals surface area (Å²) in [6, 6.07) is 2.18. The Balaban J connectivity index is 2.08. The normalized spacial score (nSPS) is 16.7. The fourth-order valence-corrected chi connectivity index (χ4v) is 2.52. The Kier molecular flexibility index (Phi) is 4.20. The molecule has 1 aliphatic heterocycles. The maximum absolute atomic E-state index is 13.4. The van der Waals surface area contributed by atoms with Gasteiger partial charge in [-0.2, -0.15) is 0 Å². The van der Waals surface area contributed by atoms with Crippen LogP contribution >= 0.6 is 23.2 Å². The summed E-state index contributed by atoms with van der Waals surface area (Å²) in [7, 11) is 0. The van der Waals surface area contributed by atoms with Crippen LogP contribution in [-0.4, -0.2) is 35.0 Å². The van der Waals surface area contributed by atoms with E-state index in [9.17, 15) is 14.0 Å². The molecule has 1 N–H and O–H groups in total. The lowest BCUT2D eigenvalue weighted by Gasteiger charge is -2.41. The number of likely N-dealkylation sites (tertiary alicyclic amines) is 1. The Morgan fingerprint density at radius 1 is 1.35 bits per heavy atom. The lowest BCUT2D eigenvalue weighted by atomic mass is 9.86. The summed E-state index contributed by atoms with van der Waals surface area (Å²) in [5.41, 5.74) is 0.0370. The SMILES string of the molecule is CC(C(=O)O)C1CN(C(=O)c2cc(F)c(Cl)cc2Cl)C1. The standard InChI is InChI=1S/C13H12Cl2FNO3/c1-6(13(19)20)7-4-17(5-7)12(18)8-2-11(16)10(15)3-9(8)14/h2-3,6-7H,4-5H2,1H3,(H,19,20). The molecular formula is C13H12Cl2FNO3. The summed E-state index contributed by atoms with van der Waals surface area (Å²) in [4.78, 5) is 24.4. The van der Waals surface area contributed by atoms with Crippen LogP contribution in [0.15, 0.2) is 12.1 Å². The van der Waals surface area contributed by atoms with E-state index in [1.54, 1.807) is 6.92 Å². The molecule has 4 nitrogen and oxygen atoms in total. The number of carbonyl (C=O) groups excluding carboxylic acids is 1. The van der Waals surface area contributed by atoms with E-state index in [4.69, 9.17) is 28.3 Å². The number of benzene rings is 1. The van der Waals surface area contributed by atoms with E-state index in [2.05, 4.69) is 0 Å². The zero-order chi connectivity index (χ0) is 15.0. The molecule has 20 heavy (non-hydrogen) atoms. The number of aliphatic carboxylic acids is 1. The van der Waals surface area contributed by atoms with Crippen LogP contribution in [0.3, 0.4) is 0 Å². The summed E-state index contributed by atoms with van der Waals surface area (Å²) >= 11 is 11.4. The molecule has 1 heterocycles. The van der Waals surface area contributed by atoms with Crippen LogP contribution in [0, 0.1) is 17.7 Å². The van der Waals surface area contributed by atoms with Gasteiger partial charge in [-0.05, 0) is 12.1 Å². The van der Waals surface area contributed by atoms with Gasteiger partial charge in [0.25, 0.3) is 5.91 Å². The molecule has 1 aliphatic rings. The van der Waals surface area contributed by atoms with E-state index in [-0.39, 0.29) is 21.5 Å². The van der Waals surface area contributed by atoms with Crippen molar-refractivity contribution < 1.29 is 19.1 Å². The van der Waals surface area contributed by atoms with Crippen LogP contribution in [0.4, 0.5) is 4.39 Å². The van der Waals surface area contributed by atoms with Crippen molar-refractivity contribution in [2.24, 2.45) is 11.8 Å². The molecule has 1 fully saturated rings. The third kappa shape index (κ3) is 2.74. The number of amides is 1. The van der Waals surface area contributed by atoms with Crippen LogP contribution in [-0.2, 0) is 4.79 Å². The number of carboxylic acid groups (broad SMARTS) is 1. The molecule has 2 rings (SSSR count). The van der Waals surface area contributed by atoms with Crippen LogP contribution < -0.4 is 0 Å². The molecular weight excluding hydrogens is 308 g/mol. The molecule has 0 radical (unpaired) electrons. The minimum Gasteiger partial charge on any atom is -0.481 e. The molecule has 0 bridgehead atoms. The van der Waals surface area contributed by atoms with Gasteiger partial charge in [-0.1, -0.05) is 30.1 Å². The maximum atomic E-state index is 13.4. The van der Waals surface area contributed by atoms with Crippen molar-refractivity contribution >= 4 is 35.1 Å². The number of carbonyl (C=O) groups is 2. The van der Waals surface area contributed by atoms with Crippen molar-refractivity contribution in [2.75, 3.05) is 13.1 Å². The highest BCUT2D eigenvalue weighted by atomic mass is 35.5. The van der Waals surface area contributed by atoms with Crippen LogP contribution in [0.25, 0.3) is 0 Å². The first-order valence-electron chi connectivity index (χ1n) is 5.98. The predicted molar refractivity (Wildman–Crippen MR) is 72.6 cm³/mol. The van der Waals surface area contributed by atoms with E-state index in [1.807, 2.05) is 0 Å². The third-order valence-corrected chi connectivity index (χ3v) is 4.14. The van der Waals surface area contributed by atoms with Gasteiger partial charge in [0.15, 0.2) is 0 Å². The first-order valence-corrected chi connectivity index (χ1v) is 6.73. The summed E-state index contributed by atoms with van der Waals surface area (Å²) in [6.07, 6.45) is 0. The van der Waals surface area contributed by atoms with Crippen molar-refractivity contribution in [2.45, 2.75) is 6.92 Å². The molecule has 1 amide bonds. The highest BCUT2D eigenvalue weighted by Gasteiger charge is 2.38. The first-order chi connectivity index (χ1) is 9.31. The van der Waals surface area contributed by atoms with Crippen molar-refractivity contribution in [1.82, 2.24) is 4.90 Å².